The topological polar surface area (TPSA) is 20.2 Å². The first kappa shape index (κ1) is 7.56. The average molecular weight is 160 g/mol. The van der Waals surface area contributed by atoms with Gasteiger partial charge in [0.25, 0.3) is 0 Å². The van der Waals surface area contributed by atoms with Gasteiger partial charge in [-0.15, -0.1) is 0 Å². The Labute approximate surface area is 72.4 Å². The summed E-state index contributed by atoms with van der Waals surface area (Å²) >= 11 is 0. The lowest BCUT2D eigenvalue weighted by Gasteiger charge is -2.18. The second-order valence-corrected chi connectivity index (χ2v) is 3.22. The molecule has 0 spiro atoms. The monoisotopic (exact) mass is 160 g/mol. The van der Waals surface area contributed by atoms with E-state index in [0.29, 0.717) is 0 Å². The van der Waals surface area contributed by atoms with Crippen molar-refractivity contribution in [1.82, 2.24) is 0 Å². The summed E-state index contributed by atoms with van der Waals surface area (Å²) in [6.45, 7) is 2.04. The van der Waals surface area contributed by atoms with Gasteiger partial charge < -0.3 is 5.11 Å². The maximum absolute atomic E-state index is 9.66. The van der Waals surface area contributed by atoms with Crippen molar-refractivity contribution in [3.8, 4) is 0 Å². The van der Waals surface area contributed by atoms with E-state index in [2.05, 4.69) is 6.07 Å². The van der Waals surface area contributed by atoms with Crippen LogP contribution in [0.15, 0.2) is 30.4 Å². The zero-order valence-corrected chi connectivity index (χ0v) is 7.12. The molecule has 1 nitrogen and oxygen atoms in total. The Bertz CT molecular complexity index is 326. The van der Waals surface area contributed by atoms with Crippen molar-refractivity contribution in [3.63, 3.8) is 0 Å². The summed E-state index contributed by atoms with van der Waals surface area (Å²) in [7, 11) is 0. The molecule has 1 N–H and O–H groups in total. The molecule has 0 heterocycles. The standard InChI is InChI=1S/C11H12O/c1-8-4-2-5-9-6-3-7-10(12)11(8)9/h2-5,7,10,12H,6H2,1H3/t10-/m1/s1. The summed E-state index contributed by atoms with van der Waals surface area (Å²) in [6, 6.07) is 6.16. The SMILES string of the molecule is Cc1cccc2c1[C@H](O)C=CC2. The molecule has 1 aliphatic rings. The van der Waals surface area contributed by atoms with E-state index in [1.807, 2.05) is 31.2 Å². The third kappa shape index (κ3) is 1.07. The summed E-state index contributed by atoms with van der Waals surface area (Å²) in [4.78, 5) is 0. The van der Waals surface area contributed by atoms with Crippen LogP contribution in [-0.4, -0.2) is 5.11 Å². The summed E-state index contributed by atoms with van der Waals surface area (Å²) in [5.74, 6) is 0. The molecular formula is C11H12O. The predicted molar refractivity (Wildman–Crippen MR) is 49.0 cm³/mol. The molecule has 1 atom stereocenters. The smallest absolute Gasteiger partial charge is 0.0977 e. The molecule has 0 saturated heterocycles. The van der Waals surface area contributed by atoms with Crippen molar-refractivity contribution in [1.29, 1.82) is 0 Å². The Morgan fingerprint density at radius 1 is 1.42 bits per heavy atom. The van der Waals surface area contributed by atoms with E-state index in [0.717, 1.165) is 12.0 Å². The van der Waals surface area contributed by atoms with Crippen LogP contribution in [0.4, 0.5) is 0 Å². The molecule has 0 amide bonds. The zero-order valence-electron chi connectivity index (χ0n) is 7.12. The van der Waals surface area contributed by atoms with E-state index < -0.39 is 6.10 Å². The van der Waals surface area contributed by atoms with Crippen LogP contribution in [0, 0.1) is 6.92 Å². The van der Waals surface area contributed by atoms with Crippen LogP contribution >= 0.6 is 0 Å². The minimum atomic E-state index is -0.394. The molecule has 0 bridgehead atoms. The fourth-order valence-electron chi connectivity index (χ4n) is 1.76. The first-order chi connectivity index (χ1) is 5.79. The van der Waals surface area contributed by atoms with Crippen molar-refractivity contribution in [3.05, 3.63) is 47.0 Å². The molecular weight excluding hydrogens is 148 g/mol. The fourth-order valence-corrected chi connectivity index (χ4v) is 1.76. The Hall–Kier alpha value is -1.08. The van der Waals surface area contributed by atoms with Crippen molar-refractivity contribution in [2.24, 2.45) is 0 Å². The van der Waals surface area contributed by atoms with Crippen molar-refractivity contribution >= 4 is 0 Å². The number of aliphatic hydroxyl groups excluding tert-OH is 1. The second kappa shape index (κ2) is 2.76. The first-order valence-corrected chi connectivity index (χ1v) is 4.22. The van der Waals surface area contributed by atoms with Gasteiger partial charge in [-0.2, -0.15) is 0 Å². The summed E-state index contributed by atoms with van der Waals surface area (Å²) in [6.07, 6.45) is 4.44. The highest BCUT2D eigenvalue weighted by molar-refractivity contribution is 5.41. The lowest BCUT2D eigenvalue weighted by atomic mass is 9.91. The highest BCUT2D eigenvalue weighted by Crippen LogP contribution is 2.27. The molecule has 0 unspecified atom stereocenters. The van der Waals surface area contributed by atoms with Crippen LogP contribution in [0.25, 0.3) is 0 Å². The van der Waals surface area contributed by atoms with Crippen molar-refractivity contribution in [2.75, 3.05) is 0 Å². The molecule has 1 aromatic carbocycles. The minimum absolute atomic E-state index is 0.394. The average Bonchev–Trinajstić information content (AvgIpc) is 2.04. The molecule has 1 heteroatoms. The third-order valence-electron chi connectivity index (χ3n) is 2.37. The van der Waals surface area contributed by atoms with Crippen molar-refractivity contribution < 1.29 is 5.11 Å². The van der Waals surface area contributed by atoms with Gasteiger partial charge in [-0.3, -0.25) is 0 Å². The molecule has 1 aliphatic carbocycles. The number of aliphatic hydroxyl groups is 1. The van der Waals surface area contributed by atoms with Gasteiger partial charge >= 0.3 is 0 Å². The Kier molecular flexibility index (Phi) is 1.74. The maximum atomic E-state index is 9.66. The van der Waals surface area contributed by atoms with Gasteiger partial charge in [0.2, 0.25) is 0 Å². The molecule has 0 radical (unpaired) electrons. The number of hydrogen-bond acceptors (Lipinski definition) is 1. The number of allylic oxidation sites excluding steroid dienone is 1. The largest absolute Gasteiger partial charge is 0.384 e. The molecule has 0 fully saturated rings. The zero-order chi connectivity index (χ0) is 8.55. The second-order valence-electron chi connectivity index (χ2n) is 3.22. The van der Waals surface area contributed by atoms with E-state index in [1.165, 1.54) is 11.1 Å². The summed E-state index contributed by atoms with van der Waals surface area (Å²) in [5, 5.41) is 9.66. The normalized spacial score (nSPS) is 20.7. The highest BCUT2D eigenvalue weighted by atomic mass is 16.3. The molecule has 0 aliphatic heterocycles. The predicted octanol–water partition coefficient (Wildman–Crippen LogP) is 2.14. The van der Waals surface area contributed by atoms with E-state index in [-0.39, 0.29) is 0 Å². The lowest BCUT2D eigenvalue weighted by Crippen LogP contribution is -2.05. The lowest BCUT2D eigenvalue weighted by molar-refractivity contribution is 0.224. The molecule has 1 aromatic rings. The van der Waals surface area contributed by atoms with Gasteiger partial charge in [-0.25, -0.2) is 0 Å². The molecule has 62 valence electrons. The first-order valence-electron chi connectivity index (χ1n) is 4.22. The number of fused-ring (bicyclic) bond motifs is 1. The van der Waals surface area contributed by atoms with Gasteiger partial charge in [0.05, 0.1) is 6.10 Å². The Morgan fingerprint density at radius 3 is 3.00 bits per heavy atom. The minimum Gasteiger partial charge on any atom is -0.384 e. The number of benzene rings is 1. The Balaban J connectivity index is 2.58. The van der Waals surface area contributed by atoms with Gasteiger partial charge in [-0.05, 0) is 30.0 Å². The molecule has 2 rings (SSSR count). The maximum Gasteiger partial charge on any atom is 0.0977 e. The van der Waals surface area contributed by atoms with Gasteiger partial charge in [0.1, 0.15) is 0 Å². The van der Waals surface area contributed by atoms with Gasteiger partial charge in [0.15, 0.2) is 0 Å². The van der Waals surface area contributed by atoms with E-state index >= 15 is 0 Å². The van der Waals surface area contributed by atoms with Crippen LogP contribution in [-0.2, 0) is 6.42 Å². The van der Waals surface area contributed by atoms with Crippen molar-refractivity contribution in [2.45, 2.75) is 19.4 Å². The van der Waals surface area contributed by atoms with Crippen LogP contribution in [0.2, 0.25) is 0 Å². The van der Waals surface area contributed by atoms with E-state index in [1.54, 1.807) is 0 Å². The van der Waals surface area contributed by atoms with Crippen LogP contribution < -0.4 is 0 Å². The van der Waals surface area contributed by atoms with E-state index in [4.69, 9.17) is 0 Å². The number of rotatable bonds is 0. The van der Waals surface area contributed by atoms with Crippen LogP contribution in [0.1, 0.15) is 22.8 Å². The number of aryl methyl sites for hydroxylation is 1. The number of hydrogen-bond donors (Lipinski definition) is 1. The Morgan fingerprint density at radius 2 is 2.25 bits per heavy atom. The fraction of sp³-hybridized carbons (Fsp3) is 0.273. The molecule has 12 heavy (non-hydrogen) atoms. The third-order valence-corrected chi connectivity index (χ3v) is 2.37. The summed E-state index contributed by atoms with van der Waals surface area (Å²) < 4.78 is 0. The quantitative estimate of drug-likeness (QED) is 0.576. The highest BCUT2D eigenvalue weighted by Gasteiger charge is 2.14. The van der Waals surface area contributed by atoms with Gasteiger partial charge in [0, 0.05) is 0 Å². The molecule has 0 saturated carbocycles. The van der Waals surface area contributed by atoms with Gasteiger partial charge in [-0.1, -0.05) is 30.4 Å². The van der Waals surface area contributed by atoms with E-state index in [9.17, 15) is 5.11 Å². The van der Waals surface area contributed by atoms with Crippen LogP contribution in [0.3, 0.4) is 0 Å². The molecule has 0 aromatic heterocycles. The van der Waals surface area contributed by atoms with Crippen LogP contribution in [0.5, 0.6) is 0 Å². The summed E-state index contributed by atoms with van der Waals surface area (Å²) in [5.41, 5.74) is 3.54.